The Morgan fingerprint density at radius 1 is 0.387 bits per heavy atom. The molecular weight excluding hydrogens is 757 g/mol. The maximum absolute atomic E-state index is 10.2. The molecule has 6 nitrogen and oxygen atoms in total. The van der Waals surface area contributed by atoms with Crippen molar-refractivity contribution in [3.05, 3.63) is 182 Å². The Morgan fingerprint density at radius 2 is 0.903 bits per heavy atom. The van der Waals surface area contributed by atoms with Gasteiger partial charge in [-0.05, 0) is 78.5 Å². The Bertz CT molecular complexity index is 4480. The average Bonchev–Trinajstić information content (AvgIpc) is 3.92. The van der Waals surface area contributed by atoms with Crippen molar-refractivity contribution in [2.45, 2.75) is 0 Å². The summed E-state index contributed by atoms with van der Waals surface area (Å²) in [6.45, 7) is 0. The summed E-state index contributed by atoms with van der Waals surface area (Å²) in [5.74, 6) is 0. The average molecular weight is 785 g/mol. The van der Waals surface area contributed by atoms with Crippen LogP contribution in [-0.2, 0) is 0 Å². The zero-order valence-electron chi connectivity index (χ0n) is 32.8. The summed E-state index contributed by atoms with van der Waals surface area (Å²) in [4.78, 5) is 9.91. The maximum atomic E-state index is 10.2. The van der Waals surface area contributed by atoms with E-state index in [2.05, 4.69) is 167 Å². The first kappa shape index (κ1) is 33.0. The van der Waals surface area contributed by atoms with Gasteiger partial charge >= 0.3 is 0 Å². The highest BCUT2D eigenvalue weighted by atomic mass is 15.0. The van der Waals surface area contributed by atoms with Crippen molar-refractivity contribution < 1.29 is 0 Å². The van der Waals surface area contributed by atoms with Crippen molar-refractivity contribution >= 4 is 119 Å². The van der Waals surface area contributed by atoms with Crippen molar-refractivity contribution in [2.75, 3.05) is 0 Å². The van der Waals surface area contributed by atoms with Crippen molar-refractivity contribution in [2.24, 2.45) is 0 Å². The van der Waals surface area contributed by atoms with Gasteiger partial charge in [0.2, 0.25) is 0 Å². The molecule has 0 aliphatic heterocycles. The molecule has 0 N–H and O–H groups in total. The molecule has 282 valence electrons. The quantitative estimate of drug-likeness (QED) is 0.155. The van der Waals surface area contributed by atoms with E-state index in [1.807, 2.05) is 12.1 Å². The SMILES string of the molecule is N#Cc1cc2c3c4ccccc4c4ccccc4c3c3c4ccc(-c5ccc6c(c5)c5ccccc5c5c6c6nccnc6n6cc7ccccc7c56)cc4cn3c2cc1C#N. The number of aromatic nitrogens is 4. The molecule has 0 bridgehead atoms. The Hall–Kier alpha value is -8.84. The Labute approximate surface area is 351 Å². The van der Waals surface area contributed by atoms with Crippen LogP contribution in [0.3, 0.4) is 0 Å². The monoisotopic (exact) mass is 784 g/mol. The second-order valence-corrected chi connectivity index (χ2v) is 16.3. The standard InChI is InChI=1S/C56H28N6/c57-27-34-25-47-48(26-35(34)28-58)61-30-36-23-31(17-19-38(36)54(61)51-43-15-7-4-12-40(43)39-11-3-6-14-42(39)49(47)51)32-18-20-45-46(24-32)41-13-5-8-16-44(41)52-50(45)53-56(60-22-21-59-53)62-29-33-9-1-2-10-37(33)55(52)62/h1-26,29-30H. The topological polar surface area (TPSA) is 82.2 Å². The molecule has 0 saturated heterocycles. The van der Waals surface area contributed by atoms with E-state index in [0.717, 1.165) is 98.1 Å². The molecule has 5 aromatic heterocycles. The van der Waals surface area contributed by atoms with Gasteiger partial charge in [0.25, 0.3) is 0 Å². The fourth-order valence-electron chi connectivity index (χ4n) is 10.8. The largest absolute Gasteiger partial charge is 0.315 e. The van der Waals surface area contributed by atoms with Gasteiger partial charge in [0.15, 0.2) is 5.65 Å². The van der Waals surface area contributed by atoms with Gasteiger partial charge in [0.05, 0.1) is 27.7 Å². The van der Waals surface area contributed by atoms with Crippen molar-refractivity contribution in [3.8, 4) is 23.3 Å². The number of benzene rings is 9. The highest BCUT2D eigenvalue weighted by Crippen LogP contribution is 2.46. The van der Waals surface area contributed by atoms with Crippen molar-refractivity contribution in [1.29, 1.82) is 10.5 Å². The molecule has 0 radical (unpaired) electrons. The molecule has 0 atom stereocenters. The van der Waals surface area contributed by atoms with E-state index in [0.29, 0.717) is 11.1 Å². The summed E-state index contributed by atoms with van der Waals surface area (Å²) < 4.78 is 4.47. The third-order valence-corrected chi connectivity index (χ3v) is 13.4. The molecule has 5 heterocycles. The van der Waals surface area contributed by atoms with E-state index in [1.165, 1.54) is 32.3 Å². The van der Waals surface area contributed by atoms with Gasteiger partial charge in [-0.3, -0.25) is 9.38 Å². The first-order valence-corrected chi connectivity index (χ1v) is 20.7. The highest BCUT2D eigenvalue weighted by Gasteiger charge is 2.22. The van der Waals surface area contributed by atoms with Crippen molar-refractivity contribution in [1.82, 2.24) is 18.8 Å². The molecule has 0 spiro atoms. The number of nitriles is 2. The lowest BCUT2D eigenvalue weighted by atomic mass is 9.90. The summed E-state index contributed by atoms with van der Waals surface area (Å²) in [5, 5.41) is 39.7. The second kappa shape index (κ2) is 11.9. The van der Waals surface area contributed by atoms with Crippen LogP contribution in [-0.4, -0.2) is 18.8 Å². The summed E-state index contributed by atoms with van der Waals surface area (Å²) in [6.07, 6.45) is 7.97. The molecule has 62 heavy (non-hydrogen) atoms. The maximum Gasteiger partial charge on any atom is 0.163 e. The zero-order chi connectivity index (χ0) is 40.8. The Kier molecular flexibility index (Phi) is 6.34. The molecular formula is C56H28N6. The summed E-state index contributed by atoms with van der Waals surface area (Å²) >= 11 is 0. The normalized spacial score (nSPS) is 12.2. The summed E-state index contributed by atoms with van der Waals surface area (Å²) in [7, 11) is 0. The van der Waals surface area contributed by atoms with Gasteiger partial charge < -0.3 is 4.40 Å². The molecule has 9 aromatic carbocycles. The van der Waals surface area contributed by atoms with Crippen LogP contribution < -0.4 is 0 Å². The van der Waals surface area contributed by atoms with Crippen LogP contribution in [0.25, 0.3) is 130 Å². The van der Waals surface area contributed by atoms with Crippen LogP contribution in [0.1, 0.15) is 11.1 Å². The van der Waals surface area contributed by atoms with E-state index in [-0.39, 0.29) is 0 Å². The smallest absolute Gasteiger partial charge is 0.163 e. The van der Waals surface area contributed by atoms with Crippen molar-refractivity contribution in [3.63, 3.8) is 0 Å². The lowest BCUT2D eigenvalue weighted by Gasteiger charge is -2.16. The van der Waals surface area contributed by atoms with E-state index >= 15 is 0 Å². The van der Waals surface area contributed by atoms with Gasteiger partial charge in [-0.2, -0.15) is 10.5 Å². The van der Waals surface area contributed by atoms with Crippen LogP contribution in [0.2, 0.25) is 0 Å². The first-order valence-electron chi connectivity index (χ1n) is 20.7. The predicted octanol–water partition coefficient (Wildman–Crippen LogP) is 13.9. The van der Waals surface area contributed by atoms with Crippen LogP contribution in [0.5, 0.6) is 0 Å². The lowest BCUT2D eigenvalue weighted by molar-refractivity contribution is 1.18. The Balaban J connectivity index is 1.09. The fourth-order valence-corrected chi connectivity index (χ4v) is 10.8. The molecule has 0 amide bonds. The van der Waals surface area contributed by atoms with Gasteiger partial charge in [-0.25, -0.2) is 4.98 Å². The van der Waals surface area contributed by atoms with Gasteiger partial charge in [0, 0.05) is 73.3 Å². The predicted molar refractivity (Wildman–Crippen MR) is 254 cm³/mol. The molecule has 14 aromatic rings. The number of fused-ring (bicyclic) bond motifs is 26. The molecule has 0 unspecified atom stereocenters. The molecule has 0 aliphatic rings. The lowest BCUT2D eigenvalue weighted by Crippen LogP contribution is -1.96. The second-order valence-electron chi connectivity index (χ2n) is 16.3. The Morgan fingerprint density at radius 3 is 1.63 bits per heavy atom. The number of nitrogens with zero attached hydrogens (tertiary/aromatic N) is 6. The minimum absolute atomic E-state index is 0.366. The van der Waals surface area contributed by atoms with Crippen LogP contribution >= 0.6 is 0 Å². The third kappa shape index (κ3) is 4.15. The first-order chi connectivity index (χ1) is 30.7. The fraction of sp³-hybridized carbons (Fsp3) is 0. The summed E-state index contributed by atoms with van der Waals surface area (Å²) in [6, 6.07) is 56.5. The minimum Gasteiger partial charge on any atom is -0.315 e. The molecule has 0 aliphatic carbocycles. The molecule has 0 fully saturated rings. The van der Waals surface area contributed by atoms with Gasteiger partial charge in [-0.15, -0.1) is 0 Å². The number of pyridine rings is 2. The minimum atomic E-state index is 0.366. The van der Waals surface area contributed by atoms with E-state index in [9.17, 15) is 10.5 Å². The van der Waals surface area contributed by atoms with E-state index in [4.69, 9.17) is 9.97 Å². The molecule has 6 heteroatoms. The zero-order valence-corrected chi connectivity index (χ0v) is 32.8. The summed E-state index contributed by atoms with van der Waals surface area (Å²) in [5.41, 5.74) is 7.79. The molecule has 14 rings (SSSR count). The van der Waals surface area contributed by atoms with Gasteiger partial charge in [-0.1, -0.05) is 121 Å². The number of rotatable bonds is 1. The van der Waals surface area contributed by atoms with Gasteiger partial charge in [0.1, 0.15) is 17.7 Å². The number of hydrogen-bond donors (Lipinski definition) is 0. The highest BCUT2D eigenvalue weighted by molar-refractivity contribution is 6.38. The molecule has 0 saturated carbocycles. The number of hydrogen-bond acceptors (Lipinski definition) is 4. The van der Waals surface area contributed by atoms with E-state index < -0.39 is 0 Å². The third-order valence-electron chi connectivity index (χ3n) is 13.4. The van der Waals surface area contributed by atoms with Crippen LogP contribution in [0.15, 0.2) is 170 Å². The van der Waals surface area contributed by atoms with Crippen LogP contribution in [0.4, 0.5) is 0 Å². The van der Waals surface area contributed by atoms with Crippen LogP contribution in [0, 0.1) is 22.7 Å². The van der Waals surface area contributed by atoms with E-state index in [1.54, 1.807) is 12.4 Å².